The van der Waals surface area contributed by atoms with Gasteiger partial charge in [0.05, 0.1) is 30.1 Å². The van der Waals surface area contributed by atoms with Crippen LogP contribution in [0.5, 0.6) is 5.75 Å². The summed E-state index contributed by atoms with van der Waals surface area (Å²) in [7, 11) is 1.63. The number of hydrogen-bond acceptors (Lipinski definition) is 5. The minimum absolute atomic E-state index is 0.0939. The molecule has 28 heavy (non-hydrogen) atoms. The first-order chi connectivity index (χ1) is 13.5. The Bertz CT molecular complexity index is 1130. The fourth-order valence-electron chi connectivity index (χ4n) is 3.03. The number of aromatic nitrogens is 1. The summed E-state index contributed by atoms with van der Waals surface area (Å²) in [6, 6.07) is 15.3. The van der Waals surface area contributed by atoms with Crippen molar-refractivity contribution < 1.29 is 13.9 Å². The molecular weight excluding hydrogens is 372 g/mol. The van der Waals surface area contributed by atoms with Crippen LogP contribution in [0.15, 0.2) is 59.2 Å². The van der Waals surface area contributed by atoms with Gasteiger partial charge in [0.2, 0.25) is 0 Å². The van der Waals surface area contributed by atoms with E-state index in [9.17, 15) is 4.79 Å². The van der Waals surface area contributed by atoms with Gasteiger partial charge in [-0.25, -0.2) is 4.98 Å². The van der Waals surface area contributed by atoms with Gasteiger partial charge in [-0.3, -0.25) is 9.69 Å². The number of thiazole rings is 1. The zero-order chi connectivity index (χ0) is 19.7. The summed E-state index contributed by atoms with van der Waals surface area (Å²) in [6.07, 6.45) is 1.61. The predicted octanol–water partition coefficient (Wildman–Crippen LogP) is 5.36. The number of aryl methyl sites for hydroxylation is 2. The number of methoxy groups -OCH3 is 1. The first kappa shape index (κ1) is 18.3. The molecule has 142 valence electrons. The van der Waals surface area contributed by atoms with E-state index in [0.717, 1.165) is 27.1 Å². The van der Waals surface area contributed by atoms with Crippen molar-refractivity contribution in [2.45, 2.75) is 20.4 Å². The molecule has 0 unspecified atom stereocenters. The van der Waals surface area contributed by atoms with E-state index in [-0.39, 0.29) is 5.91 Å². The molecule has 5 nitrogen and oxygen atoms in total. The van der Waals surface area contributed by atoms with Crippen LogP contribution in [0.25, 0.3) is 10.2 Å². The van der Waals surface area contributed by atoms with Gasteiger partial charge < -0.3 is 9.15 Å². The monoisotopic (exact) mass is 392 g/mol. The molecule has 1 amide bonds. The van der Waals surface area contributed by atoms with E-state index in [0.29, 0.717) is 23.0 Å². The SMILES string of the molecule is COc1ccc2sc(N(Cc3ccco3)C(=O)c3cc(C)ccc3C)nc2c1. The van der Waals surface area contributed by atoms with Crippen molar-refractivity contribution in [2.24, 2.45) is 0 Å². The Morgan fingerprint density at radius 3 is 2.79 bits per heavy atom. The number of fused-ring (bicyclic) bond motifs is 1. The van der Waals surface area contributed by atoms with Crippen molar-refractivity contribution >= 4 is 32.6 Å². The van der Waals surface area contributed by atoms with Crippen LogP contribution in [0.2, 0.25) is 0 Å². The largest absolute Gasteiger partial charge is 0.497 e. The van der Waals surface area contributed by atoms with Crippen LogP contribution in [0, 0.1) is 13.8 Å². The van der Waals surface area contributed by atoms with Crippen LogP contribution in [0.1, 0.15) is 27.2 Å². The maximum absolute atomic E-state index is 13.5. The first-order valence-electron chi connectivity index (χ1n) is 8.91. The fourth-order valence-corrected chi connectivity index (χ4v) is 3.98. The number of nitrogens with zero attached hydrogens (tertiary/aromatic N) is 2. The third kappa shape index (κ3) is 3.51. The van der Waals surface area contributed by atoms with Gasteiger partial charge >= 0.3 is 0 Å². The summed E-state index contributed by atoms with van der Waals surface area (Å²) >= 11 is 1.48. The second kappa shape index (κ2) is 7.48. The van der Waals surface area contributed by atoms with Crippen molar-refractivity contribution in [3.63, 3.8) is 0 Å². The van der Waals surface area contributed by atoms with Gasteiger partial charge in [-0.2, -0.15) is 0 Å². The number of furan rings is 1. The highest BCUT2D eigenvalue weighted by Crippen LogP contribution is 2.33. The van der Waals surface area contributed by atoms with E-state index < -0.39 is 0 Å². The van der Waals surface area contributed by atoms with Crippen LogP contribution in [0.4, 0.5) is 5.13 Å². The number of rotatable bonds is 5. The molecule has 0 aliphatic heterocycles. The second-order valence-electron chi connectivity index (χ2n) is 6.62. The molecule has 0 bridgehead atoms. The lowest BCUT2D eigenvalue weighted by atomic mass is 10.0. The standard InChI is InChI=1S/C22H20N2O3S/c1-14-6-7-15(2)18(11-14)21(25)24(13-17-5-4-10-27-17)22-23-19-12-16(26-3)8-9-20(19)28-22/h4-12H,13H2,1-3H3. The van der Waals surface area contributed by atoms with E-state index in [4.69, 9.17) is 14.1 Å². The van der Waals surface area contributed by atoms with Crippen molar-refractivity contribution in [3.8, 4) is 5.75 Å². The highest BCUT2D eigenvalue weighted by Gasteiger charge is 2.24. The summed E-state index contributed by atoms with van der Waals surface area (Å²) in [6.45, 7) is 4.24. The summed E-state index contributed by atoms with van der Waals surface area (Å²) in [4.78, 5) is 19.9. The summed E-state index contributed by atoms with van der Waals surface area (Å²) < 4.78 is 11.8. The molecular formula is C22H20N2O3S. The average molecular weight is 392 g/mol. The first-order valence-corrected chi connectivity index (χ1v) is 9.73. The molecule has 0 aliphatic rings. The number of ether oxygens (including phenoxy) is 1. The van der Waals surface area contributed by atoms with Crippen LogP contribution >= 0.6 is 11.3 Å². The highest BCUT2D eigenvalue weighted by molar-refractivity contribution is 7.22. The molecule has 2 aromatic carbocycles. The third-order valence-electron chi connectivity index (χ3n) is 4.58. The van der Waals surface area contributed by atoms with Gasteiger partial charge in [0.1, 0.15) is 11.5 Å². The smallest absolute Gasteiger partial charge is 0.260 e. The van der Waals surface area contributed by atoms with Gasteiger partial charge in [0.15, 0.2) is 5.13 Å². The number of carbonyl (C=O) groups excluding carboxylic acids is 1. The lowest BCUT2D eigenvalue weighted by Crippen LogP contribution is -2.30. The molecule has 0 N–H and O–H groups in total. The topological polar surface area (TPSA) is 55.6 Å². The molecule has 0 fully saturated rings. The quantitative estimate of drug-likeness (QED) is 0.459. The molecule has 0 saturated carbocycles. The fraction of sp³-hybridized carbons (Fsp3) is 0.182. The summed E-state index contributed by atoms with van der Waals surface area (Å²) in [5.74, 6) is 1.35. The van der Waals surface area contributed by atoms with Crippen molar-refractivity contribution in [1.29, 1.82) is 0 Å². The Kier molecular flexibility index (Phi) is 4.88. The van der Waals surface area contributed by atoms with Gasteiger partial charge in [0, 0.05) is 11.6 Å². The second-order valence-corrected chi connectivity index (χ2v) is 7.63. The van der Waals surface area contributed by atoms with E-state index in [1.807, 2.05) is 62.4 Å². The number of hydrogen-bond donors (Lipinski definition) is 0. The van der Waals surface area contributed by atoms with Gasteiger partial charge in [-0.1, -0.05) is 29.0 Å². The van der Waals surface area contributed by atoms with Gasteiger partial charge in [0.25, 0.3) is 5.91 Å². The summed E-state index contributed by atoms with van der Waals surface area (Å²) in [5, 5.41) is 0.630. The number of carbonyl (C=O) groups is 1. The molecule has 4 aromatic rings. The molecule has 4 rings (SSSR count). The molecule has 2 aromatic heterocycles. The predicted molar refractivity (Wildman–Crippen MR) is 111 cm³/mol. The van der Waals surface area contributed by atoms with Crippen LogP contribution in [-0.4, -0.2) is 18.0 Å². The van der Waals surface area contributed by atoms with E-state index in [1.54, 1.807) is 18.3 Å². The lowest BCUT2D eigenvalue weighted by Gasteiger charge is -2.20. The molecule has 0 atom stereocenters. The lowest BCUT2D eigenvalue weighted by molar-refractivity contribution is 0.0982. The third-order valence-corrected chi connectivity index (χ3v) is 5.64. The summed E-state index contributed by atoms with van der Waals surface area (Å²) in [5.41, 5.74) is 3.45. The van der Waals surface area contributed by atoms with E-state index in [1.165, 1.54) is 11.3 Å². The average Bonchev–Trinajstić information content (AvgIpc) is 3.36. The number of benzene rings is 2. The Morgan fingerprint density at radius 1 is 1.18 bits per heavy atom. The van der Waals surface area contributed by atoms with Crippen molar-refractivity contribution in [3.05, 3.63) is 77.2 Å². The minimum Gasteiger partial charge on any atom is -0.497 e. The van der Waals surface area contributed by atoms with Crippen molar-refractivity contribution in [2.75, 3.05) is 12.0 Å². The Hall–Kier alpha value is -3.12. The Labute approximate surface area is 167 Å². The van der Waals surface area contributed by atoms with E-state index >= 15 is 0 Å². The normalized spacial score (nSPS) is 11.0. The maximum atomic E-state index is 13.5. The van der Waals surface area contributed by atoms with Crippen LogP contribution < -0.4 is 9.64 Å². The number of amides is 1. The molecule has 0 saturated heterocycles. The van der Waals surface area contributed by atoms with Crippen LogP contribution in [-0.2, 0) is 6.54 Å². The maximum Gasteiger partial charge on any atom is 0.260 e. The van der Waals surface area contributed by atoms with Gasteiger partial charge in [-0.15, -0.1) is 0 Å². The Balaban J connectivity index is 1.79. The minimum atomic E-state index is -0.0939. The van der Waals surface area contributed by atoms with Crippen LogP contribution in [0.3, 0.4) is 0 Å². The molecule has 0 spiro atoms. The van der Waals surface area contributed by atoms with E-state index in [2.05, 4.69) is 0 Å². The van der Waals surface area contributed by atoms with Crippen molar-refractivity contribution in [1.82, 2.24) is 4.98 Å². The van der Waals surface area contributed by atoms with Gasteiger partial charge in [-0.05, 0) is 49.7 Å². The number of anilines is 1. The molecule has 2 heterocycles. The Morgan fingerprint density at radius 2 is 2.04 bits per heavy atom. The molecule has 0 aliphatic carbocycles. The highest BCUT2D eigenvalue weighted by atomic mass is 32.1. The zero-order valence-electron chi connectivity index (χ0n) is 15.9. The molecule has 0 radical (unpaired) electrons. The zero-order valence-corrected chi connectivity index (χ0v) is 16.7. The molecule has 6 heteroatoms.